The number of nitrogens with one attached hydrogen (secondary N) is 1. The second-order valence-corrected chi connectivity index (χ2v) is 7.08. The van der Waals surface area contributed by atoms with E-state index in [2.05, 4.69) is 60.0 Å². The van der Waals surface area contributed by atoms with E-state index in [1.165, 1.54) is 34.4 Å². The van der Waals surface area contributed by atoms with Crippen molar-refractivity contribution in [3.63, 3.8) is 0 Å². The molecule has 3 rings (SSSR count). The fourth-order valence-corrected chi connectivity index (χ4v) is 3.85. The number of hydrogen-bond acceptors (Lipinski definition) is 3. The number of nitrogens with zero attached hydrogens (tertiary/aromatic N) is 1. The van der Waals surface area contributed by atoms with Gasteiger partial charge in [0.05, 0.1) is 0 Å². The van der Waals surface area contributed by atoms with Crippen LogP contribution in [-0.2, 0) is 13.0 Å². The summed E-state index contributed by atoms with van der Waals surface area (Å²) in [7, 11) is 2.19. The Bertz CT molecular complexity index is 562. The van der Waals surface area contributed by atoms with Gasteiger partial charge in [0.15, 0.2) is 0 Å². The molecule has 0 aromatic heterocycles. The van der Waals surface area contributed by atoms with Crippen molar-refractivity contribution in [2.45, 2.75) is 43.7 Å². The smallest absolute Gasteiger partial charge is 0.0420 e. The molecule has 21 heavy (non-hydrogen) atoms. The summed E-state index contributed by atoms with van der Waals surface area (Å²) in [6.45, 7) is 4.41. The summed E-state index contributed by atoms with van der Waals surface area (Å²) < 4.78 is 2.36. The topological polar surface area (TPSA) is 15.3 Å². The van der Waals surface area contributed by atoms with E-state index in [4.69, 9.17) is 0 Å². The zero-order chi connectivity index (χ0) is 14.7. The molecule has 0 unspecified atom stereocenters. The van der Waals surface area contributed by atoms with E-state index in [-0.39, 0.29) is 0 Å². The maximum absolute atomic E-state index is 3.45. The Hall–Kier alpha value is -1.03. The Morgan fingerprint density at radius 1 is 1.24 bits per heavy atom. The summed E-state index contributed by atoms with van der Waals surface area (Å²) in [6, 6.07) is 7.36. The summed E-state index contributed by atoms with van der Waals surface area (Å²) in [6.07, 6.45) is 10.5. The van der Waals surface area contributed by atoms with Crippen molar-refractivity contribution >= 4 is 11.9 Å². The van der Waals surface area contributed by atoms with E-state index in [0.29, 0.717) is 6.04 Å². The Morgan fingerprint density at radius 2 is 2.14 bits per heavy atom. The van der Waals surface area contributed by atoms with Crippen molar-refractivity contribution in [2.75, 3.05) is 13.6 Å². The predicted octanol–water partition coefficient (Wildman–Crippen LogP) is 3.94. The number of likely N-dealkylation sites (N-methyl/N-ethyl adjacent to an activating group) is 1. The van der Waals surface area contributed by atoms with E-state index >= 15 is 0 Å². The van der Waals surface area contributed by atoms with Gasteiger partial charge in [0.25, 0.3) is 0 Å². The van der Waals surface area contributed by atoms with Gasteiger partial charge in [-0.2, -0.15) is 0 Å². The zero-order valence-electron chi connectivity index (χ0n) is 12.9. The quantitative estimate of drug-likeness (QED) is 0.848. The van der Waals surface area contributed by atoms with Crippen LogP contribution < -0.4 is 5.32 Å². The van der Waals surface area contributed by atoms with Crippen molar-refractivity contribution in [3.8, 4) is 0 Å². The van der Waals surface area contributed by atoms with Crippen molar-refractivity contribution < 1.29 is 0 Å². The summed E-state index contributed by atoms with van der Waals surface area (Å²) in [4.78, 5) is 1.34. The van der Waals surface area contributed by atoms with Crippen LogP contribution in [0.15, 0.2) is 46.9 Å². The lowest BCUT2D eigenvalue weighted by atomic mass is 10.0. The maximum Gasteiger partial charge on any atom is 0.0420 e. The summed E-state index contributed by atoms with van der Waals surface area (Å²) in [5.41, 5.74) is 4.41. The highest BCUT2D eigenvalue weighted by Gasteiger charge is 2.16. The third-order valence-electron chi connectivity index (χ3n) is 4.37. The van der Waals surface area contributed by atoms with Gasteiger partial charge in [-0.05, 0) is 80.6 Å². The Labute approximate surface area is 132 Å². The molecular formula is C18H24N2S. The van der Waals surface area contributed by atoms with E-state index in [1.54, 1.807) is 0 Å². The van der Waals surface area contributed by atoms with Crippen molar-refractivity contribution in [3.05, 3.63) is 53.1 Å². The fraction of sp³-hybridized carbons (Fsp3) is 0.444. The van der Waals surface area contributed by atoms with Crippen LogP contribution in [0.1, 0.15) is 30.9 Å². The first-order valence-corrected chi connectivity index (χ1v) is 8.61. The van der Waals surface area contributed by atoms with E-state index < -0.39 is 0 Å². The third-order valence-corrected chi connectivity index (χ3v) is 5.43. The molecule has 0 saturated heterocycles. The van der Waals surface area contributed by atoms with Crippen LogP contribution in [0.25, 0.3) is 0 Å². The second-order valence-electron chi connectivity index (χ2n) is 5.85. The standard InChI is InChI=1S/C18H24N2S/c1-14(15-6-4-3-5-7-15)20(2)21-18-9-8-16-10-11-19-13-17(16)12-18/h4,6-9,12,14,19H,3,5,10-11,13H2,1-2H3/t14-/m0/s1. The number of fused-ring (bicyclic) bond motifs is 1. The SMILES string of the molecule is C[C@@H](C1=CCCC=C1)N(C)Sc1ccc2c(c1)CNCC2. The molecule has 0 radical (unpaired) electrons. The maximum atomic E-state index is 3.45. The molecule has 0 spiro atoms. The summed E-state index contributed by atoms with van der Waals surface area (Å²) in [5.74, 6) is 0. The van der Waals surface area contributed by atoms with Crippen molar-refractivity contribution in [1.82, 2.24) is 9.62 Å². The van der Waals surface area contributed by atoms with Gasteiger partial charge in [0.2, 0.25) is 0 Å². The minimum atomic E-state index is 0.445. The van der Waals surface area contributed by atoms with Crippen LogP contribution in [0.4, 0.5) is 0 Å². The number of benzene rings is 1. The molecule has 1 aromatic carbocycles. The molecule has 1 heterocycles. The van der Waals surface area contributed by atoms with Crippen LogP contribution in [0, 0.1) is 0 Å². The molecule has 1 atom stereocenters. The first kappa shape index (κ1) is 14.9. The zero-order valence-corrected chi connectivity index (χ0v) is 13.7. The summed E-state index contributed by atoms with van der Waals surface area (Å²) in [5, 5.41) is 3.45. The molecule has 0 saturated carbocycles. The van der Waals surface area contributed by atoms with Gasteiger partial charge in [-0.15, -0.1) is 0 Å². The third kappa shape index (κ3) is 3.60. The van der Waals surface area contributed by atoms with Gasteiger partial charge in [0.1, 0.15) is 0 Å². The van der Waals surface area contributed by atoms with Gasteiger partial charge < -0.3 is 5.32 Å². The normalized spacial score (nSPS) is 19.3. The number of rotatable bonds is 4. The van der Waals surface area contributed by atoms with Gasteiger partial charge in [-0.1, -0.05) is 24.3 Å². The molecule has 112 valence electrons. The molecule has 2 nitrogen and oxygen atoms in total. The molecule has 2 aliphatic rings. The lowest BCUT2D eigenvalue weighted by molar-refractivity contribution is 0.492. The monoisotopic (exact) mass is 300 g/mol. The minimum Gasteiger partial charge on any atom is -0.312 e. The average molecular weight is 300 g/mol. The minimum absolute atomic E-state index is 0.445. The highest BCUT2D eigenvalue weighted by molar-refractivity contribution is 7.97. The van der Waals surface area contributed by atoms with E-state index in [1.807, 2.05) is 11.9 Å². The second kappa shape index (κ2) is 6.82. The highest BCUT2D eigenvalue weighted by atomic mass is 32.2. The number of hydrogen-bond donors (Lipinski definition) is 1. The molecule has 0 amide bonds. The Kier molecular flexibility index (Phi) is 4.84. The van der Waals surface area contributed by atoms with Gasteiger partial charge in [0, 0.05) is 17.5 Å². The molecular weight excluding hydrogens is 276 g/mol. The van der Waals surface area contributed by atoms with Gasteiger partial charge >= 0.3 is 0 Å². The van der Waals surface area contributed by atoms with Crippen LogP contribution >= 0.6 is 11.9 Å². The first-order valence-electron chi connectivity index (χ1n) is 7.84. The highest BCUT2D eigenvalue weighted by Crippen LogP contribution is 2.29. The molecule has 0 bridgehead atoms. The van der Waals surface area contributed by atoms with Crippen LogP contribution in [0.2, 0.25) is 0 Å². The molecule has 1 aliphatic heterocycles. The van der Waals surface area contributed by atoms with Gasteiger partial charge in [-0.25, -0.2) is 4.31 Å². The van der Waals surface area contributed by atoms with Crippen molar-refractivity contribution in [2.24, 2.45) is 0 Å². The molecule has 1 aromatic rings. The largest absolute Gasteiger partial charge is 0.312 e. The fourth-order valence-electron chi connectivity index (χ4n) is 2.91. The average Bonchev–Trinajstić information content (AvgIpc) is 2.55. The first-order chi connectivity index (χ1) is 10.2. The van der Waals surface area contributed by atoms with Crippen molar-refractivity contribution in [1.29, 1.82) is 0 Å². The van der Waals surface area contributed by atoms with E-state index in [0.717, 1.165) is 19.5 Å². The summed E-state index contributed by atoms with van der Waals surface area (Å²) >= 11 is 1.85. The Balaban J connectivity index is 1.68. The van der Waals surface area contributed by atoms with E-state index in [9.17, 15) is 0 Å². The lowest BCUT2D eigenvalue weighted by Crippen LogP contribution is -2.25. The predicted molar refractivity (Wildman–Crippen MR) is 91.4 cm³/mol. The van der Waals surface area contributed by atoms with Crippen LogP contribution in [0.5, 0.6) is 0 Å². The number of allylic oxidation sites excluding steroid dienone is 2. The lowest BCUT2D eigenvalue weighted by Gasteiger charge is -2.26. The molecule has 1 N–H and O–H groups in total. The molecule has 3 heteroatoms. The van der Waals surface area contributed by atoms with Crippen LogP contribution in [-0.4, -0.2) is 23.9 Å². The van der Waals surface area contributed by atoms with Gasteiger partial charge in [-0.3, -0.25) is 0 Å². The molecule has 0 fully saturated rings. The Morgan fingerprint density at radius 3 is 2.95 bits per heavy atom. The van der Waals surface area contributed by atoms with Crippen LogP contribution in [0.3, 0.4) is 0 Å². The molecule has 1 aliphatic carbocycles.